The predicted molar refractivity (Wildman–Crippen MR) is 47.6 cm³/mol. The molecule has 0 heterocycles. The van der Waals surface area contributed by atoms with Crippen LogP contribution >= 0.6 is 11.8 Å². The molecule has 0 aromatic heterocycles. The maximum Gasteiger partial charge on any atom is 0.353 e. The number of hydrogen-bond acceptors (Lipinski definition) is 4. The molecule has 0 unspecified atom stereocenters. The highest BCUT2D eigenvalue weighted by molar-refractivity contribution is 6.13. The Kier molecular flexibility index (Phi) is 5.49. The van der Waals surface area contributed by atoms with Crippen molar-refractivity contribution in [2.45, 2.75) is 0 Å². The van der Waals surface area contributed by atoms with Crippen LogP contribution in [0.5, 0.6) is 0 Å². The first-order valence-corrected chi connectivity index (χ1v) is 3.83. The first-order valence-electron chi connectivity index (χ1n) is 3.45. The number of hydrogen-bond donors (Lipinski definition) is 1. The van der Waals surface area contributed by atoms with E-state index in [-0.39, 0.29) is 0 Å². The van der Waals surface area contributed by atoms with Crippen LogP contribution in [-0.2, 0) is 9.53 Å². The molecule has 0 bridgehead atoms. The summed E-state index contributed by atoms with van der Waals surface area (Å²) in [5.41, 5.74) is 0.324. The second-order valence-corrected chi connectivity index (χ2v) is 2.51. The number of nitrogens with one attached hydrogen (secondary N) is 1. The third kappa shape index (κ3) is 3.59. The zero-order valence-corrected chi connectivity index (χ0v) is 8.02. The number of nitrogens with zero attached hydrogens (tertiary/aromatic N) is 1. The summed E-state index contributed by atoms with van der Waals surface area (Å²) in [4.78, 5) is 15.0. The van der Waals surface area contributed by atoms with E-state index in [0.717, 1.165) is 0 Å². The molecule has 0 radical (unpaired) electrons. The second kappa shape index (κ2) is 5.85. The number of likely N-dealkylation sites (N-methyl/N-ethyl adjacent to an activating group) is 1. The lowest BCUT2D eigenvalue weighted by Crippen LogP contribution is -2.28. The predicted octanol–water partition coefficient (Wildman–Crippen LogP) is 0.348. The lowest BCUT2D eigenvalue weighted by molar-refractivity contribution is -0.137. The van der Waals surface area contributed by atoms with E-state index < -0.39 is 5.97 Å². The van der Waals surface area contributed by atoms with Crippen LogP contribution in [0.2, 0.25) is 0 Å². The summed E-state index contributed by atoms with van der Waals surface area (Å²) in [6, 6.07) is 0. The lowest BCUT2D eigenvalue weighted by atomic mass is 10.4. The monoisotopic (exact) mass is 192 g/mol. The molecule has 0 spiro atoms. The Labute approximate surface area is 77.2 Å². The minimum atomic E-state index is -0.424. The smallest absolute Gasteiger partial charge is 0.353 e. The molecule has 1 N–H and O–H groups in total. The molecule has 0 saturated carbocycles. The van der Waals surface area contributed by atoms with E-state index in [4.69, 9.17) is 11.8 Å². The molecule has 5 heteroatoms. The number of carbonyl (C=O) groups excluding carboxylic acids is 1. The fraction of sp³-hybridized carbons (Fsp3) is 0.571. The molecule has 0 saturated heterocycles. The Morgan fingerprint density at radius 2 is 2.33 bits per heavy atom. The molecule has 0 aliphatic rings. The van der Waals surface area contributed by atoms with E-state index in [9.17, 15) is 4.79 Å². The molecule has 4 nitrogen and oxygen atoms in total. The van der Waals surface area contributed by atoms with Gasteiger partial charge < -0.3 is 9.64 Å². The van der Waals surface area contributed by atoms with Crippen LogP contribution in [0.25, 0.3) is 0 Å². The number of esters is 1. The highest BCUT2D eigenvalue weighted by Crippen LogP contribution is 1.98. The standard InChI is InChI=1S/C7H13ClN2O2/c1-6(7(11)12-3)10(2)5-4-9-8/h9H,1,4-5H2,2-3H3. The molecule has 70 valence electrons. The molecular formula is C7H13ClN2O2. The van der Waals surface area contributed by atoms with Crippen molar-refractivity contribution in [3.63, 3.8) is 0 Å². The van der Waals surface area contributed by atoms with Gasteiger partial charge in [-0.3, -0.25) is 0 Å². The van der Waals surface area contributed by atoms with Gasteiger partial charge >= 0.3 is 5.97 Å². The van der Waals surface area contributed by atoms with Gasteiger partial charge in [0.15, 0.2) is 0 Å². The zero-order chi connectivity index (χ0) is 9.56. The molecule has 0 atom stereocenters. The fourth-order valence-corrected chi connectivity index (χ4v) is 0.703. The van der Waals surface area contributed by atoms with Gasteiger partial charge in [0.25, 0.3) is 0 Å². The van der Waals surface area contributed by atoms with E-state index in [1.54, 1.807) is 11.9 Å². The van der Waals surface area contributed by atoms with Crippen LogP contribution in [0.4, 0.5) is 0 Å². The second-order valence-electron chi connectivity index (χ2n) is 2.24. The number of methoxy groups -OCH3 is 1. The minimum Gasteiger partial charge on any atom is -0.464 e. The highest BCUT2D eigenvalue weighted by Gasteiger charge is 2.10. The average Bonchev–Trinajstić information content (AvgIpc) is 2.11. The van der Waals surface area contributed by atoms with Crippen molar-refractivity contribution in [2.75, 3.05) is 27.2 Å². The Hall–Kier alpha value is -0.740. The minimum absolute atomic E-state index is 0.324. The molecule has 0 rings (SSSR count). The fourth-order valence-electron chi connectivity index (χ4n) is 0.619. The van der Waals surface area contributed by atoms with Gasteiger partial charge in [0, 0.05) is 20.1 Å². The first kappa shape index (κ1) is 11.3. The summed E-state index contributed by atoms with van der Waals surface area (Å²) in [6.45, 7) is 4.74. The Bertz CT molecular complexity index is 173. The Morgan fingerprint density at radius 3 is 2.75 bits per heavy atom. The molecular weight excluding hydrogens is 180 g/mol. The third-order valence-corrected chi connectivity index (χ3v) is 1.61. The summed E-state index contributed by atoms with van der Waals surface area (Å²) < 4.78 is 4.48. The van der Waals surface area contributed by atoms with E-state index in [2.05, 4.69) is 16.2 Å². The summed E-state index contributed by atoms with van der Waals surface area (Å²) in [7, 11) is 3.06. The lowest BCUT2D eigenvalue weighted by Gasteiger charge is -2.18. The molecule has 0 amide bonds. The number of rotatable bonds is 5. The van der Waals surface area contributed by atoms with Crippen molar-refractivity contribution >= 4 is 17.7 Å². The van der Waals surface area contributed by atoms with E-state index in [0.29, 0.717) is 18.8 Å². The zero-order valence-electron chi connectivity index (χ0n) is 7.26. The number of halogens is 1. The number of ether oxygens (including phenoxy) is 1. The van der Waals surface area contributed by atoms with Crippen LogP contribution < -0.4 is 4.84 Å². The maximum atomic E-state index is 10.9. The topological polar surface area (TPSA) is 41.6 Å². The SMILES string of the molecule is C=C(C(=O)OC)N(C)CCNCl. The Morgan fingerprint density at radius 1 is 1.75 bits per heavy atom. The number of carbonyl (C=O) groups is 1. The van der Waals surface area contributed by atoms with Gasteiger partial charge in [0.05, 0.1) is 7.11 Å². The molecule has 0 aliphatic heterocycles. The van der Waals surface area contributed by atoms with Crippen molar-refractivity contribution in [1.29, 1.82) is 0 Å². The van der Waals surface area contributed by atoms with Gasteiger partial charge in [0.1, 0.15) is 5.70 Å². The van der Waals surface area contributed by atoms with Crippen molar-refractivity contribution in [3.8, 4) is 0 Å². The van der Waals surface area contributed by atoms with Crippen LogP contribution in [0.15, 0.2) is 12.3 Å². The summed E-state index contributed by atoms with van der Waals surface area (Å²) in [5.74, 6) is -0.424. The van der Waals surface area contributed by atoms with Gasteiger partial charge in [-0.2, -0.15) is 0 Å². The maximum absolute atomic E-state index is 10.9. The van der Waals surface area contributed by atoms with Crippen LogP contribution in [0, 0.1) is 0 Å². The first-order chi connectivity index (χ1) is 5.63. The molecule has 0 aromatic rings. The van der Waals surface area contributed by atoms with E-state index >= 15 is 0 Å². The van der Waals surface area contributed by atoms with Gasteiger partial charge in [-0.15, -0.1) is 0 Å². The molecule has 0 fully saturated rings. The van der Waals surface area contributed by atoms with Crippen LogP contribution in [0.3, 0.4) is 0 Å². The van der Waals surface area contributed by atoms with Crippen molar-refractivity contribution < 1.29 is 9.53 Å². The third-order valence-electron chi connectivity index (χ3n) is 1.42. The van der Waals surface area contributed by atoms with Crippen molar-refractivity contribution in [2.24, 2.45) is 0 Å². The van der Waals surface area contributed by atoms with Gasteiger partial charge in [-0.1, -0.05) is 6.58 Å². The van der Waals surface area contributed by atoms with E-state index in [1.807, 2.05) is 0 Å². The average molecular weight is 193 g/mol. The quantitative estimate of drug-likeness (QED) is 0.388. The van der Waals surface area contributed by atoms with Crippen molar-refractivity contribution in [3.05, 3.63) is 12.3 Å². The summed E-state index contributed by atoms with van der Waals surface area (Å²) in [6.07, 6.45) is 0. The van der Waals surface area contributed by atoms with Gasteiger partial charge in [-0.05, 0) is 11.8 Å². The normalized spacial score (nSPS) is 9.25. The van der Waals surface area contributed by atoms with Crippen LogP contribution in [0.1, 0.15) is 0 Å². The summed E-state index contributed by atoms with van der Waals surface area (Å²) in [5, 5.41) is 0. The van der Waals surface area contributed by atoms with Crippen LogP contribution in [-0.4, -0.2) is 38.1 Å². The molecule has 0 aliphatic carbocycles. The summed E-state index contributed by atoms with van der Waals surface area (Å²) >= 11 is 5.24. The molecule has 12 heavy (non-hydrogen) atoms. The Balaban J connectivity index is 3.84. The van der Waals surface area contributed by atoms with Gasteiger partial charge in [-0.25, -0.2) is 9.63 Å². The largest absolute Gasteiger partial charge is 0.464 e. The highest BCUT2D eigenvalue weighted by atomic mass is 35.5. The van der Waals surface area contributed by atoms with E-state index in [1.165, 1.54) is 7.11 Å². The van der Waals surface area contributed by atoms with Crippen molar-refractivity contribution in [1.82, 2.24) is 9.74 Å². The van der Waals surface area contributed by atoms with Gasteiger partial charge in [0.2, 0.25) is 0 Å². The molecule has 0 aromatic carbocycles.